The number of nitrogens with zero attached hydrogens (tertiary/aromatic N) is 2. The van der Waals surface area contributed by atoms with Crippen LogP contribution in [0, 0.1) is 5.82 Å². The molecule has 0 bridgehead atoms. The first-order valence-corrected chi connectivity index (χ1v) is 8.56. The van der Waals surface area contributed by atoms with Crippen molar-refractivity contribution in [2.45, 2.75) is 30.6 Å². The summed E-state index contributed by atoms with van der Waals surface area (Å²) in [4.78, 5) is 23.8. The first-order chi connectivity index (χ1) is 11.6. The highest BCUT2D eigenvalue weighted by Crippen LogP contribution is 2.19. The van der Waals surface area contributed by atoms with Crippen LogP contribution in [0.4, 0.5) is 10.1 Å². The largest absolute Gasteiger partial charge is 0.376 e. The summed E-state index contributed by atoms with van der Waals surface area (Å²) in [5.74, 6) is -0.848. The Labute approximate surface area is 141 Å². The van der Waals surface area contributed by atoms with Crippen LogP contribution in [0.3, 0.4) is 0 Å². The van der Waals surface area contributed by atoms with Crippen molar-refractivity contribution < 1.29 is 13.9 Å². The van der Waals surface area contributed by atoms with E-state index in [2.05, 4.69) is 15.5 Å². The van der Waals surface area contributed by atoms with E-state index < -0.39 is 5.82 Å². The van der Waals surface area contributed by atoms with Gasteiger partial charge >= 0.3 is 5.69 Å². The van der Waals surface area contributed by atoms with E-state index in [1.54, 1.807) is 12.1 Å². The number of aromatic amines is 1. The molecule has 1 saturated heterocycles. The van der Waals surface area contributed by atoms with Crippen LogP contribution in [-0.4, -0.2) is 39.1 Å². The van der Waals surface area contributed by atoms with Crippen LogP contribution in [0.25, 0.3) is 0 Å². The maximum absolute atomic E-state index is 13.5. The van der Waals surface area contributed by atoms with E-state index in [1.807, 2.05) is 0 Å². The van der Waals surface area contributed by atoms with E-state index in [0.29, 0.717) is 18.3 Å². The minimum Gasteiger partial charge on any atom is -0.376 e. The van der Waals surface area contributed by atoms with Gasteiger partial charge in [0.15, 0.2) is 5.16 Å². The second-order valence-electron chi connectivity index (χ2n) is 5.37. The number of halogens is 1. The van der Waals surface area contributed by atoms with Crippen LogP contribution < -0.4 is 11.0 Å². The number of rotatable bonds is 6. The first-order valence-electron chi connectivity index (χ1n) is 7.57. The predicted octanol–water partition coefficient (Wildman–Crippen LogP) is 1.62. The van der Waals surface area contributed by atoms with Crippen LogP contribution in [0.15, 0.2) is 34.2 Å². The molecule has 9 heteroatoms. The summed E-state index contributed by atoms with van der Waals surface area (Å²) < 4.78 is 20.5. The molecule has 2 N–H and O–H groups in total. The van der Waals surface area contributed by atoms with Gasteiger partial charge in [0.25, 0.3) is 0 Å². The molecule has 128 valence electrons. The smallest absolute Gasteiger partial charge is 0.344 e. The van der Waals surface area contributed by atoms with E-state index in [-0.39, 0.29) is 29.1 Å². The minimum absolute atomic E-state index is 0.00751. The Morgan fingerprint density at radius 3 is 3.08 bits per heavy atom. The van der Waals surface area contributed by atoms with Gasteiger partial charge in [0.05, 0.1) is 24.1 Å². The number of hydrogen-bond acceptors (Lipinski definition) is 5. The highest BCUT2D eigenvalue weighted by atomic mass is 32.2. The van der Waals surface area contributed by atoms with Crippen molar-refractivity contribution >= 4 is 23.4 Å². The highest BCUT2D eigenvalue weighted by molar-refractivity contribution is 7.99. The maximum atomic E-state index is 13.5. The molecule has 1 aromatic heterocycles. The molecule has 7 nitrogen and oxygen atoms in total. The third kappa shape index (κ3) is 4.04. The lowest BCUT2D eigenvalue weighted by atomic mass is 10.2. The topological polar surface area (TPSA) is 89.0 Å². The molecule has 0 saturated carbocycles. The summed E-state index contributed by atoms with van der Waals surface area (Å²) in [6, 6.07) is 5.95. The van der Waals surface area contributed by atoms with E-state index in [0.717, 1.165) is 24.6 Å². The van der Waals surface area contributed by atoms with Crippen LogP contribution in [0.1, 0.15) is 12.8 Å². The number of H-pyrrole nitrogens is 1. The summed E-state index contributed by atoms with van der Waals surface area (Å²) >= 11 is 1.12. The summed E-state index contributed by atoms with van der Waals surface area (Å²) in [6.07, 6.45) is 1.87. The van der Waals surface area contributed by atoms with Gasteiger partial charge in [0.2, 0.25) is 5.91 Å². The van der Waals surface area contributed by atoms with Crippen molar-refractivity contribution in [1.82, 2.24) is 14.8 Å². The Morgan fingerprint density at radius 1 is 1.50 bits per heavy atom. The van der Waals surface area contributed by atoms with Crippen molar-refractivity contribution in [3.05, 3.63) is 40.6 Å². The fourth-order valence-electron chi connectivity index (χ4n) is 2.45. The lowest BCUT2D eigenvalue weighted by molar-refractivity contribution is -0.113. The van der Waals surface area contributed by atoms with Gasteiger partial charge in [-0.1, -0.05) is 23.9 Å². The van der Waals surface area contributed by atoms with Crippen LogP contribution in [0.2, 0.25) is 0 Å². The predicted molar refractivity (Wildman–Crippen MR) is 87.6 cm³/mol. The molecule has 1 amide bonds. The van der Waals surface area contributed by atoms with Gasteiger partial charge in [-0.2, -0.15) is 0 Å². The molecule has 1 fully saturated rings. The molecule has 0 spiro atoms. The molecule has 1 aliphatic rings. The Hall–Kier alpha value is -2.13. The SMILES string of the molecule is O=C(CSc1n[nH]c(=O)n1CC1CCCO1)Nc1ccccc1F. The quantitative estimate of drug-likeness (QED) is 0.771. The summed E-state index contributed by atoms with van der Waals surface area (Å²) in [7, 11) is 0. The average molecular weight is 352 g/mol. The number of amides is 1. The zero-order chi connectivity index (χ0) is 16.9. The zero-order valence-electron chi connectivity index (χ0n) is 12.8. The van der Waals surface area contributed by atoms with Gasteiger partial charge in [0.1, 0.15) is 5.82 Å². The van der Waals surface area contributed by atoms with Gasteiger partial charge < -0.3 is 10.1 Å². The second-order valence-corrected chi connectivity index (χ2v) is 6.32. The molecular formula is C15H17FN4O3S. The molecule has 1 atom stereocenters. The monoisotopic (exact) mass is 352 g/mol. The summed E-state index contributed by atoms with van der Waals surface area (Å²) in [5, 5.41) is 9.23. The van der Waals surface area contributed by atoms with Crippen molar-refractivity contribution in [2.24, 2.45) is 0 Å². The number of anilines is 1. The lowest BCUT2D eigenvalue weighted by Gasteiger charge is -2.11. The van der Waals surface area contributed by atoms with Gasteiger partial charge in [0, 0.05) is 6.61 Å². The molecular weight excluding hydrogens is 335 g/mol. The Kier molecular flexibility index (Phi) is 5.31. The van der Waals surface area contributed by atoms with Gasteiger partial charge in [-0.25, -0.2) is 14.3 Å². The molecule has 2 heterocycles. The summed E-state index contributed by atoms with van der Waals surface area (Å²) in [6.45, 7) is 1.11. The average Bonchev–Trinajstić information content (AvgIpc) is 3.19. The lowest BCUT2D eigenvalue weighted by Crippen LogP contribution is -2.25. The number of carbonyl (C=O) groups excluding carboxylic acids is 1. The highest BCUT2D eigenvalue weighted by Gasteiger charge is 2.20. The number of aromatic nitrogens is 3. The number of ether oxygens (including phenoxy) is 1. The minimum atomic E-state index is -0.495. The van der Waals surface area contributed by atoms with Gasteiger partial charge in [-0.15, -0.1) is 5.10 Å². The molecule has 1 aromatic carbocycles. The normalized spacial score (nSPS) is 17.1. The molecule has 3 rings (SSSR count). The van der Waals surface area contributed by atoms with Crippen molar-refractivity contribution in [2.75, 3.05) is 17.7 Å². The molecule has 1 aliphatic heterocycles. The van der Waals surface area contributed by atoms with Crippen molar-refractivity contribution in [3.63, 3.8) is 0 Å². The van der Waals surface area contributed by atoms with Gasteiger partial charge in [-0.3, -0.25) is 9.36 Å². The maximum Gasteiger partial charge on any atom is 0.344 e. The van der Waals surface area contributed by atoms with E-state index in [4.69, 9.17) is 4.74 Å². The number of thioether (sulfide) groups is 1. The fraction of sp³-hybridized carbons (Fsp3) is 0.400. The van der Waals surface area contributed by atoms with Crippen molar-refractivity contribution in [1.29, 1.82) is 0 Å². The summed E-state index contributed by atoms with van der Waals surface area (Å²) in [5.41, 5.74) is -0.204. The number of para-hydroxylation sites is 1. The Balaban J connectivity index is 1.59. The van der Waals surface area contributed by atoms with E-state index in [1.165, 1.54) is 16.7 Å². The van der Waals surface area contributed by atoms with E-state index >= 15 is 0 Å². The fourth-order valence-corrected chi connectivity index (χ4v) is 3.20. The third-order valence-electron chi connectivity index (χ3n) is 3.61. The molecule has 0 radical (unpaired) electrons. The molecule has 2 aromatic rings. The first kappa shape index (κ1) is 16.7. The van der Waals surface area contributed by atoms with Crippen LogP contribution in [0.5, 0.6) is 0 Å². The number of nitrogens with one attached hydrogen (secondary N) is 2. The standard InChI is InChI=1S/C15H17FN4O3S/c16-11-5-1-2-6-12(11)17-13(21)9-24-15-19-18-14(22)20(15)8-10-4-3-7-23-10/h1-2,5-6,10H,3-4,7-9H2,(H,17,21)(H,18,22). The van der Waals surface area contributed by atoms with E-state index in [9.17, 15) is 14.0 Å². The molecule has 24 heavy (non-hydrogen) atoms. The number of benzene rings is 1. The third-order valence-corrected chi connectivity index (χ3v) is 4.59. The second kappa shape index (κ2) is 7.63. The number of carbonyl (C=O) groups is 1. The van der Waals surface area contributed by atoms with Crippen molar-refractivity contribution in [3.8, 4) is 0 Å². The number of hydrogen-bond donors (Lipinski definition) is 2. The van der Waals surface area contributed by atoms with Crippen LogP contribution in [-0.2, 0) is 16.1 Å². The molecule has 1 unspecified atom stereocenters. The molecule has 0 aliphatic carbocycles. The van der Waals surface area contributed by atoms with Gasteiger partial charge in [-0.05, 0) is 25.0 Å². The van der Waals surface area contributed by atoms with Crippen LogP contribution >= 0.6 is 11.8 Å². The Bertz CT molecular complexity index is 770. The Morgan fingerprint density at radius 2 is 2.33 bits per heavy atom. The zero-order valence-corrected chi connectivity index (χ0v) is 13.6.